The Morgan fingerprint density at radius 2 is 2.30 bits per heavy atom. The van der Waals surface area contributed by atoms with E-state index in [4.69, 9.17) is 0 Å². The Hall–Kier alpha value is -0.720. The largest absolute Gasteiger partial charge is 0.383 e. The lowest BCUT2D eigenvalue weighted by Gasteiger charge is -2.17. The molecule has 1 saturated heterocycles. The number of hydrogen-bond acceptors (Lipinski definition) is 1. The predicted octanol–water partition coefficient (Wildman–Crippen LogP) is 2.22. The van der Waals surface area contributed by atoms with E-state index in [9.17, 15) is 0 Å². The summed E-state index contributed by atoms with van der Waals surface area (Å²) in [4.78, 5) is 0. The highest BCUT2D eigenvalue weighted by molar-refractivity contribution is 5.15. The maximum atomic E-state index is 3.66. The van der Waals surface area contributed by atoms with Crippen LogP contribution in [0, 0.1) is 0 Å². The Kier molecular flexibility index (Phi) is 1.84. The van der Waals surface area contributed by atoms with Crippen molar-refractivity contribution in [2.24, 2.45) is 0 Å². The highest BCUT2D eigenvalue weighted by Gasteiger charge is 2.24. The number of rotatable bonds is 1. The third kappa shape index (κ3) is 1.63. The normalized spacial score (nSPS) is 26.4. The van der Waals surface area contributed by atoms with Crippen LogP contribution in [0.2, 0.25) is 0 Å². The SMILES string of the molecule is C=C/C=C1/CCC(C)(C)N1. The standard InChI is InChI=1S/C9H15N/c1-4-5-8-6-7-9(2,3)10-8/h4-5,10H,1,6-7H2,2-3H3/b8-5-. The van der Waals surface area contributed by atoms with Crippen molar-refractivity contribution in [1.82, 2.24) is 5.32 Å². The highest BCUT2D eigenvalue weighted by atomic mass is 15.0. The van der Waals surface area contributed by atoms with Gasteiger partial charge >= 0.3 is 0 Å². The first-order chi connectivity index (χ1) is 4.64. The third-order valence-corrected chi connectivity index (χ3v) is 1.84. The third-order valence-electron chi connectivity index (χ3n) is 1.84. The van der Waals surface area contributed by atoms with E-state index in [2.05, 4.69) is 31.8 Å². The van der Waals surface area contributed by atoms with Gasteiger partial charge < -0.3 is 5.32 Å². The van der Waals surface area contributed by atoms with Gasteiger partial charge in [-0.2, -0.15) is 0 Å². The molecule has 0 bridgehead atoms. The summed E-state index contributed by atoms with van der Waals surface area (Å²) in [5, 5.41) is 3.42. The minimum atomic E-state index is 0.300. The van der Waals surface area contributed by atoms with Crippen molar-refractivity contribution in [3.63, 3.8) is 0 Å². The first kappa shape index (κ1) is 7.39. The van der Waals surface area contributed by atoms with Crippen LogP contribution >= 0.6 is 0 Å². The van der Waals surface area contributed by atoms with Crippen molar-refractivity contribution in [1.29, 1.82) is 0 Å². The zero-order chi connectivity index (χ0) is 7.61. The highest BCUT2D eigenvalue weighted by Crippen LogP contribution is 2.24. The topological polar surface area (TPSA) is 12.0 Å². The van der Waals surface area contributed by atoms with E-state index in [0.717, 1.165) is 0 Å². The van der Waals surface area contributed by atoms with E-state index in [1.807, 2.05) is 6.08 Å². The van der Waals surface area contributed by atoms with Crippen LogP contribution in [-0.2, 0) is 0 Å². The molecule has 1 N–H and O–H groups in total. The molecule has 1 fully saturated rings. The molecule has 1 heterocycles. The van der Waals surface area contributed by atoms with Gasteiger partial charge in [-0.25, -0.2) is 0 Å². The van der Waals surface area contributed by atoms with Crippen LogP contribution in [0.1, 0.15) is 26.7 Å². The molecule has 0 saturated carbocycles. The number of hydrogen-bond donors (Lipinski definition) is 1. The van der Waals surface area contributed by atoms with E-state index in [1.54, 1.807) is 0 Å². The van der Waals surface area contributed by atoms with E-state index < -0.39 is 0 Å². The van der Waals surface area contributed by atoms with Crippen molar-refractivity contribution < 1.29 is 0 Å². The van der Waals surface area contributed by atoms with Crippen molar-refractivity contribution in [3.8, 4) is 0 Å². The molecule has 56 valence electrons. The van der Waals surface area contributed by atoms with Crippen LogP contribution in [0.3, 0.4) is 0 Å². The number of nitrogens with one attached hydrogen (secondary N) is 1. The molecular weight excluding hydrogens is 122 g/mol. The summed E-state index contributed by atoms with van der Waals surface area (Å²) < 4.78 is 0. The minimum absolute atomic E-state index is 0.300. The Labute approximate surface area is 62.8 Å². The second-order valence-corrected chi connectivity index (χ2v) is 3.44. The average Bonchev–Trinajstić information content (AvgIpc) is 2.12. The van der Waals surface area contributed by atoms with Crippen LogP contribution in [0.25, 0.3) is 0 Å². The quantitative estimate of drug-likeness (QED) is 0.584. The Balaban J connectivity index is 2.59. The molecular formula is C9H15N. The van der Waals surface area contributed by atoms with Crippen LogP contribution in [0.4, 0.5) is 0 Å². The Bertz CT molecular complexity index is 166. The summed E-state index contributed by atoms with van der Waals surface area (Å²) in [7, 11) is 0. The molecule has 0 aliphatic carbocycles. The zero-order valence-corrected chi connectivity index (χ0v) is 6.78. The van der Waals surface area contributed by atoms with Gasteiger partial charge in [0, 0.05) is 11.2 Å². The second-order valence-electron chi connectivity index (χ2n) is 3.44. The van der Waals surface area contributed by atoms with Crippen molar-refractivity contribution in [2.75, 3.05) is 0 Å². The van der Waals surface area contributed by atoms with Gasteiger partial charge in [0.25, 0.3) is 0 Å². The van der Waals surface area contributed by atoms with E-state index in [-0.39, 0.29) is 0 Å². The molecule has 0 radical (unpaired) electrons. The van der Waals surface area contributed by atoms with Gasteiger partial charge in [0.05, 0.1) is 0 Å². The molecule has 0 unspecified atom stereocenters. The lowest BCUT2D eigenvalue weighted by atomic mass is 10.0. The summed E-state index contributed by atoms with van der Waals surface area (Å²) in [5.74, 6) is 0. The van der Waals surface area contributed by atoms with Gasteiger partial charge in [-0.15, -0.1) is 0 Å². The monoisotopic (exact) mass is 137 g/mol. The lowest BCUT2D eigenvalue weighted by molar-refractivity contribution is 0.470. The van der Waals surface area contributed by atoms with E-state index in [1.165, 1.54) is 18.5 Å². The molecule has 0 aromatic carbocycles. The predicted molar refractivity (Wildman–Crippen MR) is 44.7 cm³/mol. The fraction of sp³-hybridized carbons (Fsp3) is 0.556. The van der Waals surface area contributed by atoms with Crippen LogP contribution in [0.15, 0.2) is 24.4 Å². The maximum Gasteiger partial charge on any atom is 0.0318 e. The molecule has 1 nitrogen and oxygen atoms in total. The average molecular weight is 137 g/mol. The van der Waals surface area contributed by atoms with Crippen LogP contribution in [-0.4, -0.2) is 5.54 Å². The Morgan fingerprint density at radius 1 is 1.60 bits per heavy atom. The second kappa shape index (κ2) is 2.49. The fourth-order valence-electron chi connectivity index (χ4n) is 1.27. The van der Waals surface area contributed by atoms with Crippen molar-refractivity contribution >= 4 is 0 Å². The van der Waals surface area contributed by atoms with Crippen LogP contribution in [0.5, 0.6) is 0 Å². The summed E-state index contributed by atoms with van der Waals surface area (Å²) >= 11 is 0. The molecule has 1 aliphatic heterocycles. The molecule has 0 spiro atoms. The fourth-order valence-corrected chi connectivity index (χ4v) is 1.27. The van der Waals surface area contributed by atoms with Gasteiger partial charge in [-0.3, -0.25) is 0 Å². The smallest absolute Gasteiger partial charge is 0.0318 e. The zero-order valence-electron chi connectivity index (χ0n) is 6.78. The van der Waals surface area contributed by atoms with Gasteiger partial charge in [-0.1, -0.05) is 12.7 Å². The summed E-state index contributed by atoms with van der Waals surface area (Å²) in [6, 6.07) is 0. The lowest BCUT2D eigenvalue weighted by Crippen LogP contribution is -2.30. The molecule has 0 atom stereocenters. The summed E-state index contributed by atoms with van der Waals surface area (Å²) in [6.07, 6.45) is 6.28. The summed E-state index contributed by atoms with van der Waals surface area (Å²) in [6.45, 7) is 8.09. The summed E-state index contributed by atoms with van der Waals surface area (Å²) in [5.41, 5.74) is 1.62. The van der Waals surface area contributed by atoms with E-state index in [0.29, 0.717) is 5.54 Å². The van der Waals surface area contributed by atoms with Gasteiger partial charge in [-0.05, 0) is 32.8 Å². The van der Waals surface area contributed by atoms with Gasteiger partial charge in [0.1, 0.15) is 0 Å². The first-order valence-electron chi connectivity index (χ1n) is 3.74. The van der Waals surface area contributed by atoms with Gasteiger partial charge in [0.15, 0.2) is 0 Å². The van der Waals surface area contributed by atoms with Crippen molar-refractivity contribution in [3.05, 3.63) is 24.4 Å². The van der Waals surface area contributed by atoms with E-state index >= 15 is 0 Å². The maximum absolute atomic E-state index is 3.66. The number of allylic oxidation sites excluding steroid dienone is 3. The molecule has 10 heavy (non-hydrogen) atoms. The van der Waals surface area contributed by atoms with Gasteiger partial charge in [0.2, 0.25) is 0 Å². The minimum Gasteiger partial charge on any atom is -0.383 e. The van der Waals surface area contributed by atoms with Crippen molar-refractivity contribution in [2.45, 2.75) is 32.2 Å². The molecule has 0 aromatic rings. The molecule has 1 rings (SSSR count). The molecule has 1 heteroatoms. The molecule has 0 amide bonds. The van der Waals surface area contributed by atoms with Crippen LogP contribution < -0.4 is 5.32 Å². The first-order valence-corrected chi connectivity index (χ1v) is 3.74. The molecule has 0 aromatic heterocycles. The Morgan fingerprint density at radius 3 is 2.70 bits per heavy atom. The molecule has 1 aliphatic rings.